The van der Waals surface area contributed by atoms with Gasteiger partial charge in [0.15, 0.2) is 0 Å². The van der Waals surface area contributed by atoms with Crippen LogP contribution in [-0.2, 0) is 4.74 Å². The third-order valence-electron chi connectivity index (χ3n) is 5.95. The number of carbonyl (C=O) groups is 1. The minimum Gasteiger partial charge on any atom is -0.378 e. The molecule has 6 heteroatoms. The molecule has 0 N–H and O–H groups in total. The largest absolute Gasteiger partial charge is 0.378 e. The van der Waals surface area contributed by atoms with Crippen molar-refractivity contribution in [1.82, 2.24) is 14.9 Å². The zero-order valence-corrected chi connectivity index (χ0v) is 14.5. The van der Waals surface area contributed by atoms with Crippen molar-refractivity contribution in [2.75, 3.05) is 13.7 Å². The summed E-state index contributed by atoms with van der Waals surface area (Å²) in [6.07, 6.45) is 7.45. The molecule has 1 aromatic carbocycles. The molecule has 0 unspecified atom stereocenters. The second-order valence-electron chi connectivity index (χ2n) is 7.08. The fourth-order valence-corrected chi connectivity index (χ4v) is 4.48. The van der Waals surface area contributed by atoms with Crippen LogP contribution in [0, 0.1) is 11.2 Å². The second kappa shape index (κ2) is 6.02. The number of halogens is 1. The second-order valence-corrected chi connectivity index (χ2v) is 7.08. The summed E-state index contributed by atoms with van der Waals surface area (Å²) >= 11 is 0. The van der Waals surface area contributed by atoms with E-state index in [0.29, 0.717) is 17.6 Å². The van der Waals surface area contributed by atoms with Crippen LogP contribution in [0.5, 0.6) is 0 Å². The van der Waals surface area contributed by atoms with Crippen LogP contribution in [0.2, 0.25) is 0 Å². The van der Waals surface area contributed by atoms with Gasteiger partial charge in [0, 0.05) is 43.6 Å². The van der Waals surface area contributed by atoms with E-state index in [4.69, 9.17) is 4.74 Å². The first-order valence-corrected chi connectivity index (χ1v) is 8.86. The Morgan fingerprint density at radius 1 is 1.36 bits per heavy atom. The predicted octanol–water partition coefficient (Wildman–Crippen LogP) is 3.19. The van der Waals surface area contributed by atoms with Crippen molar-refractivity contribution in [3.63, 3.8) is 0 Å². The van der Waals surface area contributed by atoms with Crippen molar-refractivity contribution in [3.8, 4) is 0 Å². The Kier molecular flexibility index (Phi) is 3.95. The van der Waals surface area contributed by atoms with Crippen molar-refractivity contribution < 1.29 is 13.9 Å². The Hall–Kier alpha value is -2.08. The molecule has 0 saturated heterocycles. The molecule has 4 rings (SSSR count). The van der Waals surface area contributed by atoms with Gasteiger partial charge >= 0.3 is 0 Å². The van der Waals surface area contributed by atoms with Gasteiger partial charge in [0.25, 0.3) is 5.91 Å². The van der Waals surface area contributed by atoms with Crippen LogP contribution in [0.1, 0.15) is 43.0 Å². The fourth-order valence-electron chi connectivity index (χ4n) is 4.48. The highest BCUT2D eigenvalue weighted by atomic mass is 19.1. The topological polar surface area (TPSA) is 55.3 Å². The maximum absolute atomic E-state index is 14.0. The number of hydrogen-bond acceptors (Lipinski definition) is 4. The number of nitrogens with zero attached hydrogens (tertiary/aromatic N) is 3. The van der Waals surface area contributed by atoms with Crippen molar-refractivity contribution >= 4 is 16.9 Å². The maximum atomic E-state index is 14.0. The maximum Gasteiger partial charge on any atom is 0.256 e. The molecule has 1 aromatic heterocycles. The number of rotatable bonds is 4. The van der Waals surface area contributed by atoms with Crippen molar-refractivity contribution in [2.24, 2.45) is 5.41 Å². The summed E-state index contributed by atoms with van der Waals surface area (Å²) in [6, 6.07) is 2.71. The lowest BCUT2D eigenvalue weighted by Crippen LogP contribution is -2.67. The Bertz CT molecular complexity index is 821. The van der Waals surface area contributed by atoms with E-state index in [9.17, 15) is 9.18 Å². The molecule has 2 saturated carbocycles. The Morgan fingerprint density at radius 3 is 2.80 bits per heavy atom. The molecule has 1 amide bonds. The summed E-state index contributed by atoms with van der Waals surface area (Å²) in [5, 5.41) is 0. The molecular formula is C19H22FN3O2. The van der Waals surface area contributed by atoms with Crippen molar-refractivity contribution in [2.45, 2.75) is 44.8 Å². The predicted molar refractivity (Wildman–Crippen MR) is 91.7 cm³/mol. The number of amides is 1. The zero-order valence-electron chi connectivity index (χ0n) is 14.5. The van der Waals surface area contributed by atoms with E-state index in [1.807, 2.05) is 14.0 Å². The highest BCUT2D eigenvalue weighted by molar-refractivity contribution is 6.04. The molecule has 132 valence electrons. The van der Waals surface area contributed by atoms with E-state index in [1.165, 1.54) is 30.9 Å². The molecule has 0 radical (unpaired) electrons. The van der Waals surface area contributed by atoms with Crippen LogP contribution in [0.15, 0.2) is 24.5 Å². The van der Waals surface area contributed by atoms with Gasteiger partial charge in [-0.2, -0.15) is 0 Å². The van der Waals surface area contributed by atoms with E-state index >= 15 is 0 Å². The minimum atomic E-state index is -0.469. The molecule has 1 spiro atoms. The molecule has 5 nitrogen and oxygen atoms in total. The summed E-state index contributed by atoms with van der Waals surface area (Å²) < 4.78 is 19.8. The van der Waals surface area contributed by atoms with Gasteiger partial charge in [-0.3, -0.25) is 14.8 Å². The first-order chi connectivity index (χ1) is 12.1. The smallest absolute Gasteiger partial charge is 0.256 e. The number of ether oxygens (including phenoxy) is 1. The number of fused-ring (bicyclic) bond motifs is 1. The highest BCUT2D eigenvalue weighted by Gasteiger charge is 2.61. The van der Waals surface area contributed by atoms with Gasteiger partial charge in [-0.15, -0.1) is 0 Å². The van der Waals surface area contributed by atoms with Gasteiger partial charge in [-0.25, -0.2) is 4.39 Å². The molecule has 2 aromatic rings. The van der Waals surface area contributed by atoms with Gasteiger partial charge in [-0.05, 0) is 32.3 Å². The molecule has 1 heterocycles. The van der Waals surface area contributed by atoms with Gasteiger partial charge in [0.1, 0.15) is 11.3 Å². The quantitative estimate of drug-likeness (QED) is 0.855. The third kappa shape index (κ3) is 2.42. The lowest BCUT2D eigenvalue weighted by atomic mass is 9.50. The van der Waals surface area contributed by atoms with Gasteiger partial charge < -0.3 is 9.64 Å². The summed E-state index contributed by atoms with van der Waals surface area (Å²) in [5.74, 6) is -0.667. The standard InChI is InChI=1S/C19H22FN3O2/c1-3-25-16-11-15(19(16)5-4-6-19)23(2)18(24)13-9-12(20)10-14-17(13)22-8-7-21-14/h7-10,15-16H,3-6,11H2,1-2H3/t15-,16-/m1/s1. The fraction of sp³-hybridized carbons (Fsp3) is 0.526. The SMILES string of the molecule is CCO[C@@H]1C[C@@H](N(C)C(=O)c2cc(F)cc3nccnc23)C12CCC2. The normalized spacial score (nSPS) is 24.0. The van der Waals surface area contributed by atoms with Crippen molar-refractivity contribution in [3.05, 3.63) is 35.9 Å². The average molecular weight is 343 g/mol. The van der Waals surface area contributed by atoms with Gasteiger partial charge in [0.2, 0.25) is 0 Å². The molecule has 2 fully saturated rings. The van der Waals surface area contributed by atoms with Crippen molar-refractivity contribution in [1.29, 1.82) is 0 Å². The zero-order chi connectivity index (χ0) is 17.6. The molecule has 0 bridgehead atoms. The number of benzene rings is 1. The number of carbonyl (C=O) groups excluding carboxylic acids is 1. The monoisotopic (exact) mass is 343 g/mol. The molecule has 0 aliphatic heterocycles. The molecule has 2 aliphatic carbocycles. The summed E-state index contributed by atoms with van der Waals surface area (Å²) in [4.78, 5) is 23.2. The van der Waals surface area contributed by atoms with Gasteiger partial charge in [0.05, 0.1) is 17.2 Å². The van der Waals surface area contributed by atoms with Crippen LogP contribution >= 0.6 is 0 Å². The van der Waals surface area contributed by atoms with E-state index in [1.54, 1.807) is 4.90 Å². The number of aromatic nitrogens is 2. The van der Waals surface area contributed by atoms with Gasteiger partial charge in [-0.1, -0.05) is 6.42 Å². The first-order valence-electron chi connectivity index (χ1n) is 8.86. The molecule has 2 aliphatic rings. The van der Waals surface area contributed by atoms with E-state index in [0.717, 1.165) is 19.3 Å². The Morgan fingerprint density at radius 2 is 2.12 bits per heavy atom. The average Bonchev–Trinajstić information content (AvgIpc) is 2.54. The summed E-state index contributed by atoms with van der Waals surface area (Å²) in [5.41, 5.74) is 1.21. The van der Waals surface area contributed by atoms with Crippen LogP contribution in [-0.4, -0.2) is 46.6 Å². The lowest BCUT2D eigenvalue weighted by Gasteiger charge is -2.63. The van der Waals surface area contributed by atoms with E-state index in [2.05, 4.69) is 9.97 Å². The Labute approximate surface area is 146 Å². The number of hydrogen-bond donors (Lipinski definition) is 0. The minimum absolute atomic E-state index is 0.0786. The van der Waals surface area contributed by atoms with E-state index in [-0.39, 0.29) is 29.0 Å². The summed E-state index contributed by atoms with van der Waals surface area (Å²) in [7, 11) is 1.81. The summed E-state index contributed by atoms with van der Waals surface area (Å²) in [6.45, 7) is 2.70. The van der Waals surface area contributed by atoms with Crippen LogP contribution in [0.25, 0.3) is 11.0 Å². The van der Waals surface area contributed by atoms with Crippen LogP contribution in [0.3, 0.4) is 0 Å². The first kappa shape index (κ1) is 16.4. The van der Waals surface area contributed by atoms with E-state index < -0.39 is 5.82 Å². The lowest BCUT2D eigenvalue weighted by molar-refractivity contribution is -0.192. The Balaban J connectivity index is 1.64. The third-order valence-corrected chi connectivity index (χ3v) is 5.95. The highest BCUT2D eigenvalue weighted by Crippen LogP contribution is 2.59. The molecular weight excluding hydrogens is 321 g/mol. The molecule has 25 heavy (non-hydrogen) atoms. The van der Waals surface area contributed by atoms with Crippen LogP contribution in [0.4, 0.5) is 4.39 Å². The van der Waals surface area contributed by atoms with Crippen LogP contribution < -0.4 is 0 Å². The molecule has 2 atom stereocenters.